The standard InChI is InChI=1S/C13H22N4O3/c1-3-10(2)11(12(18)19)16-13(20)14-6-4-8-17-9-5-7-15-17/h5,7,9-11H,3-4,6,8H2,1-2H3,(H,18,19)(H2,14,16,20)/t10?,11-/m0/s1. The van der Waals surface area contributed by atoms with Gasteiger partial charge in [0.05, 0.1) is 0 Å². The zero-order valence-corrected chi connectivity index (χ0v) is 11.9. The number of amides is 2. The minimum Gasteiger partial charge on any atom is -0.480 e. The molecule has 1 aromatic heterocycles. The molecule has 1 heterocycles. The molecule has 7 heteroatoms. The van der Waals surface area contributed by atoms with Crippen molar-refractivity contribution in [2.75, 3.05) is 6.54 Å². The molecular weight excluding hydrogens is 260 g/mol. The molecule has 3 N–H and O–H groups in total. The van der Waals surface area contributed by atoms with Crippen molar-refractivity contribution in [2.45, 2.75) is 39.3 Å². The third-order valence-electron chi connectivity index (χ3n) is 3.17. The van der Waals surface area contributed by atoms with E-state index >= 15 is 0 Å². The molecule has 2 atom stereocenters. The van der Waals surface area contributed by atoms with Crippen molar-refractivity contribution in [3.05, 3.63) is 18.5 Å². The number of carbonyl (C=O) groups excluding carboxylic acids is 1. The second-order valence-electron chi connectivity index (χ2n) is 4.72. The van der Waals surface area contributed by atoms with Gasteiger partial charge in [-0.15, -0.1) is 0 Å². The van der Waals surface area contributed by atoms with E-state index < -0.39 is 18.0 Å². The number of carboxylic acid groups (broad SMARTS) is 1. The van der Waals surface area contributed by atoms with E-state index in [2.05, 4.69) is 15.7 Å². The highest BCUT2D eigenvalue weighted by Crippen LogP contribution is 2.07. The Morgan fingerprint density at radius 3 is 2.75 bits per heavy atom. The molecule has 1 rings (SSSR count). The molecule has 0 radical (unpaired) electrons. The van der Waals surface area contributed by atoms with E-state index in [1.165, 1.54) is 0 Å². The normalized spacial score (nSPS) is 13.5. The monoisotopic (exact) mass is 282 g/mol. The highest BCUT2D eigenvalue weighted by atomic mass is 16.4. The molecule has 0 aliphatic heterocycles. The minimum absolute atomic E-state index is 0.109. The summed E-state index contributed by atoms with van der Waals surface area (Å²) in [6, 6.07) is 0.535. The fourth-order valence-corrected chi connectivity index (χ4v) is 1.75. The number of nitrogens with zero attached hydrogens (tertiary/aromatic N) is 2. The largest absolute Gasteiger partial charge is 0.480 e. The summed E-state index contributed by atoms with van der Waals surface area (Å²) in [7, 11) is 0. The summed E-state index contributed by atoms with van der Waals surface area (Å²) in [5.74, 6) is -1.12. The number of carbonyl (C=O) groups is 2. The van der Waals surface area contributed by atoms with Gasteiger partial charge < -0.3 is 15.7 Å². The van der Waals surface area contributed by atoms with Crippen LogP contribution < -0.4 is 10.6 Å². The molecule has 0 aliphatic carbocycles. The summed E-state index contributed by atoms with van der Waals surface area (Å²) in [6.45, 7) is 4.88. The van der Waals surface area contributed by atoms with Gasteiger partial charge in [-0.25, -0.2) is 9.59 Å². The highest BCUT2D eigenvalue weighted by Gasteiger charge is 2.24. The Kier molecular flexibility index (Phi) is 6.55. The van der Waals surface area contributed by atoms with Crippen molar-refractivity contribution in [3.63, 3.8) is 0 Å². The third-order valence-corrected chi connectivity index (χ3v) is 3.17. The van der Waals surface area contributed by atoms with Gasteiger partial charge in [-0.05, 0) is 18.4 Å². The lowest BCUT2D eigenvalue weighted by atomic mass is 9.99. The van der Waals surface area contributed by atoms with Crippen molar-refractivity contribution in [2.24, 2.45) is 5.92 Å². The number of hydrogen-bond acceptors (Lipinski definition) is 3. The first-order valence-corrected chi connectivity index (χ1v) is 6.79. The van der Waals surface area contributed by atoms with Gasteiger partial charge in [0.15, 0.2) is 0 Å². The molecular formula is C13H22N4O3. The SMILES string of the molecule is CCC(C)[C@H](NC(=O)NCCCn1cccn1)C(=O)O. The lowest BCUT2D eigenvalue weighted by molar-refractivity contribution is -0.140. The molecule has 2 amide bonds. The molecule has 0 saturated carbocycles. The van der Waals surface area contributed by atoms with Gasteiger partial charge in [0, 0.05) is 25.5 Å². The van der Waals surface area contributed by atoms with Crippen LogP contribution in [0.1, 0.15) is 26.7 Å². The van der Waals surface area contributed by atoms with Crippen molar-refractivity contribution in [1.29, 1.82) is 0 Å². The Balaban J connectivity index is 2.26. The Morgan fingerprint density at radius 2 is 2.20 bits per heavy atom. The van der Waals surface area contributed by atoms with Crippen molar-refractivity contribution < 1.29 is 14.7 Å². The van der Waals surface area contributed by atoms with E-state index in [0.717, 1.165) is 6.42 Å². The number of aromatic nitrogens is 2. The van der Waals surface area contributed by atoms with Crippen LogP contribution in [0.3, 0.4) is 0 Å². The van der Waals surface area contributed by atoms with Crippen LogP contribution in [-0.2, 0) is 11.3 Å². The second kappa shape index (κ2) is 8.19. The summed E-state index contributed by atoms with van der Waals surface area (Å²) >= 11 is 0. The summed E-state index contributed by atoms with van der Waals surface area (Å²) in [5, 5.41) is 18.3. The zero-order valence-electron chi connectivity index (χ0n) is 11.9. The predicted octanol–water partition coefficient (Wildman–Crippen LogP) is 1.07. The average Bonchev–Trinajstić information content (AvgIpc) is 2.93. The number of hydrogen-bond donors (Lipinski definition) is 3. The van der Waals surface area contributed by atoms with E-state index in [9.17, 15) is 9.59 Å². The number of aryl methyl sites for hydroxylation is 1. The van der Waals surface area contributed by atoms with Crippen molar-refractivity contribution in [1.82, 2.24) is 20.4 Å². The van der Waals surface area contributed by atoms with Gasteiger partial charge in [0.25, 0.3) is 0 Å². The maximum absolute atomic E-state index is 11.6. The number of urea groups is 1. The van der Waals surface area contributed by atoms with Crippen molar-refractivity contribution >= 4 is 12.0 Å². The molecule has 112 valence electrons. The quantitative estimate of drug-likeness (QED) is 0.621. The topological polar surface area (TPSA) is 96.3 Å². The maximum Gasteiger partial charge on any atom is 0.326 e. The molecule has 0 aliphatic rings. The van der Waals surface area contributed by atoms with Crippen LogP contribution in [0.15, 0.2) is 18.5 Å². The fourth-order valence-electron chi connectivity index (χ4n) is 1.75. The number of aliphatic carboxylic acids is 1. The van der Waals surface area contributed by atoms with E-state index in [0.29, 0.717) is 19.5 Å². The Hall–Kier alpha value is -2.05. The third kappa shape index (κ3) is 5.29. The minimum atomic E-state index is -1.01. The lowest BCUT2D eigenvalue weighted by Gasteiger charge is -2.20. The fraction of sp³-hybridized carbons (Fsp3) is 0.615. The summed E-state index contributed by atoms with van der Waals surface area (Å²) in [5.41, 5.74) is 0. The van der Waals surface area contributed by atoms with Crippen LogP contribution in [0.4, 0.5) is 4.79 Å². The van der Waals surface area contributed by atoms with Crippen LogP contribution in [0.5, 0.6) is 0 Å². The van der Waals surface area contributed by atoms with Gasteiger partial charge in [-0.3, -0.25) is 4.68 Å². The number of rotatable bonds is 8. The van der Waals surface area contributed by atoms with Gasteiger partial charge >= 0.3 is 12.0 Å². The summed E-state index contributed by atoms with van der Waals surface area (Å²) < 4.78 is 1.78. The van der Waals surface area contributed by atoms with E-state index in [4.69, 9.17) is 5.11 Å². The molecule has 0 bridgehead atoms. The van der Waals surface area contributed by atoms with Gasteiger partial charge in [0.1, 0.15) is 6.04 Å². The molecule has 0 fully saturated rings. The first-order valence-electron chi connectivity index (χ1n) is 6.79. The first kappa shape index (κ1) is 16.0. The molecule has 0 spiro atoms. The molecule has 7 nitrogen and oxygen atoms in total. The van der Waals surface area contributed by atoms with Crippen LogP contribution >= 0.6 is 0 Å². The Bertz CT molecular complexity index is 419. The Morgan fingerprint density at radius 1 is 1.45 bits per heavy atom. The van der Waals surface area contributed by atoms with Gasteiger partial charge in [0.2, 0.25) is 0 Å². The van der Waals surface area contributed by atoms with Crippen LogP contribution in [0.2, 0.25) is 0 Å². The zero-order chi connectivity index (χ0) is 15.0. The molecule has 20 heavy (non-hydrogen) atoms. The summed E-state index contributed by atoms with van der Waals surface area (Å²) in [4.78, 5) is 22.7. The maximum atomic E-state index is 11.6. The summed E-state index contributed by atoms with van der Waals surface area (Å²) in [6.07, 6.45) is 4.97. The Labute approximate surface area is 118 Å². The van der Waals surface area contributed by atoms with Gasteiger partial charge in [-0.1, -0.05) is 20.3 Å². The second-order valence-corrected chi connectivity index (χ2v) is 4.72. The molecule has 0 saturated heterocycles. The first-order chi connectivity index (χ1) is 9.54. The molecule has 1 unspecified atom stereocenters. The van der Waals surface area contributed by atoms with E-state index in [1.807, 2.05) is 19.2 Å². The average molecular weight is 282 g/mol. The molecule has 1 aromatic rings. The smallest absolute Gasteiger partial charge is 0.326 e. The van der Waals surface area contributed by atoms with Gasteiger partial charge in [-0.2, -0.15) is 5.10 Å². The van der Waals surface area contributed by atoms with Crippen molar-refractivity contribution in [3.8, 4) is 0 Å². The number of nitrogens with one attached hydrogen (secondary N) is 2. The predicted molar refractivity (Wildman–Crippen MR) is 74.3 cm³/mol. The highest BCUT2D eigenvalue weighted by molar-refractivity contribution is 5.82. The van der Waals surface area contributed by atoms with Crippen LogP contribution in [0.25, 0.3) is 0 Å². The van der Waals surface area contributed by atoms with E-state index in [-0.39, 0.29) is 5.92 Å². The van der Waals surface area contributed by atoms with Crippen LogP contribution in [-0.4, -0.2) is 39.5 Å². The number of carboxylic acids is 1. The van der Waals surface area contributed by atoms with Crippen LogP contribution in [0, 0.1) is 5.92 Å². The molecule has 0 aromatic carbocycles. The van der Waals surface area contributed by atoms with E-state index in [1.54, 1.807) is 17.8 Å². The lowest BCUT2D eigenvalue weighted by Crippen LogP contribution is -2.49.